The lowest BCUT2D eigenvalue weighted by Gasteiger charge is -2.09. The van der Waals surface area contributed by atoms with Crippen LogP contribution in [0.4, 0.5) is 5.69 Å². The topological polar surface area (TPSA) is 52.9 Å². The highest BCUT2D eigenvalue weighted by molar-refractivity contribution is 6.31. The summed E-state index contributed by atoms with van der Waals surface area (Å²) in [5.41, 5.74) is 2.19. The number of carbonyl (C=O) groups is 1. The summed E-state index contributed by atoms with van der Waals surface area (Å²) in [7, 11) is 0. The molecule has 122 valence electrons. The number of fused-ring (bicyclic) bond motifs is 1. The Bertz CT molecular complexity index is 1030. The average Bonchev–Trinajstić information content (AvgIpc) is 2.63. The van der Waals surface area contributed by atoms with Gasteiger partial charge in [-0.2, -0.15) is 5.26 Å². The molecule has 3 aromatic rings. The molecule has 0 aromatic heterocycles. The summed E-state index contributed by atoms with van der Waals surface area (Å²) in [4.78, 5) is 12.4. The van der Waals surface area contributed by atoms with E-state index in [1.54, 1.807) is 24.3 Å². The molecule has 0 aliphatic heterocycles. The van der Waals surface area contributed by atoms with E-state index in [1.165, 1.54) is 0 Å². The molecule has 0 radical (unpaired) electrons. The van der Waals surface area contributed by atoms with Gasteiger partial charge in [-0.3, -0.25) is 4.79 Å². The van der Waals surface area contributed by atoms with E-state index < -0.39 is 5.91 Å². The van der Waals surface area contributed by atoms with Crippen LogP contribution in [-0.2, 0) is 4.79 Å². The zero-order valence-electron chi connectivity index (χ0n) is 13.6. The number of benzene rings is 3. The average molecular weight is 347 g/mol. The fourth-order valence-electron chi connectivity index (χ4n) is 2.55. The van der Waals surface area contributed by atoms with Crippen molar-refractivity contribution in [3.05, 3.63) is 82.4 Å². The van der Waals surface area contributed by atoms with Gasteiger partial charge in [-0.25, -0.2) is 0 Å². The summed E-state index contributed by atoms with van der Waals surface area (Å²) in [6.07, 6.45) is 1.58. The molecule has 0 bridgehead atoms. The number of nitrogens with one attached hydrogen (secondary N) is 1. The number of carbonyl (C=O) groups excluding carboxylic acids is 1. The number of nitriles is 1. The van der Waals surface area contributed by atoms with E-state index >= 15 is 0 Å². The Morgan fingerprint density at radius 1 is 1.08 bits per heavy atom. The summed E-state index contributed by atoms with van der Waals surface area (Å²) in [5, 5.41) is 14.8. The van der Waals surface area contributed by atoms with Crippen LogP contribution in [0.3, 0.4) is 0 Å². The molecule has 0 heterocycles. The van der Waals surface area contributed by atoms with Gasteiger partial charge in [0.15, 0.2) is 0 Å². The maximum Gasteiger partial charge on any atom is 0.266 e. The van der Waals surface area contributed by atoms with Gasteiger partial charge in [0.05, 0.1) is 0 Å². The second kappa shape index (κ2) is 7.21. The van der Waals surface area contributed by atoms with Crippen LogP contribution in [0.1, 0.15) is 11.1 Å². The van der Waals surface area contributed by atoms with E-state index in [9.17, 15) is 10.1 Å². The van der Waals surface area contributed by atoms with Crippen LogP contribution in [0, 0.1) is 18.3 Å². The van der Waals surface area contributed by atoms with Crippen LogP contribution < -0.4 is 5.32 Å². The predicted molar refractivity (Wildman–Crippen MR) is 102 cm³/mol. The summed E-state index contributed by atoms with van der Waals surface area (Å²) < 4.78 is 0. The Hall–Kier alpha value is -3.09. The van der Waals surface area contributed by atoms with Gasteiger partial charge < -0.3 is 5.32 Å². The van der Waals surface area contributed by atoms with Crippen LogP contribution >= 0.6 is 11.6 Å². The van der Waals surface area contributed by atoms with Crippen LogP contribution in [0.25, 0.3) is 16.8 Å². The number of nitrogens with zero attached hydrogens (tertiary/aromatic N) is 1. The molecule has 3 aromatic carbocycles. The lowest BCUT2D eigenvalue weighted by Crippen LogP contribution is -2.14. The molecule has 0 spiro atoms. The van der Waals surface area contributed by atoms with Crippen molar-refractivity contribution < 1.29 is 4.79 Å². The first-order chi connectivity index (χ1) is 12.1. The number of hydrogen-bond acceptors (Lipinski definition) is 2. The third-order valence-electron chi connectivity index (χ3n) is 3.97. The number of rotatable bonds is 3. The molecule has 1 amide bonds. The molecule has 4 heteroatoms. The minimum Gasteiger partial charge on any atom is -0.321 e. The number of halogens is 1. The van der Waals surface area contributed by atoms with Gasteiger partial charge >= 0.3 is 0 Å². The van der Waals surface area contributed by atoms with Crippen molar-refractivity contribution in [2.24, 2.45) is 0 Å². The first kappa shape index (κ1) is 16.8. The predicted octanol–water partition coefficient (Wildman–Crippen LogP) is 5.35. The number of anilines is 1. The zero-order valence-corrected chi connectivity index (χ0v) is 14.3. The van der Waals surface area contributed by atoms with Gasteiger partial charge in [0, 0.05) is 10.7 Å². The normalized spacial score (nSPS) is 11.2. The molecular formula is C21H15ClN2O. The second-order valence-electron chi connectivity index (χ2n) is 5.64. The Kier molecular flexibility index (Phi) is 4.83. The molecule has 0 saturated heterocycles. The Labute approximate surface area is 151 Å². The highest BCUT2D eigenvalue weighted by Crippen LogP contribution is 2.24. The van der Waals surface area contributed by atoms with Gasteiger partial charge in [-0.05, 0) is 53.1 Å². The molecule has 0 fully saturated rings. The van der Waals surface area contributed by atoms with Crippen molar-refractivity contribution >= 4 is 40.0 Å². The molecule has 0 atom stereocenters. The maximum atomic E-state index is 12.4. The van der Waals surface area contributed by atoms with Crippen molar-refractivity contribution in [3.8, 4) is 6.07 Å². The molecule has 0 saturated carbocycles. The molecular weight excluding hydrogens is 332 g/mol. The van der Waals surface area contributed by atoms with Gasteiger partial charge in [0.25, 0.3) is 5.91 Å². The van der Waals surface area contributed by atoms with Crippen molar-refractivity contribution in [1.29, 1.82) is 5.26 Å². The van der Waals surface area contributed by atoms with Crippen molar-refractivity contribution in [1.82, 2.24) is 0 Å². The first-order valence-electron chi connectivity index (χ1n) is 7.75. The van der Waals surface area contributed by atoms with Gasteiger partial charge in [0.1, 0.15) is 11.6 Å². The number of amides is 1. The molecule has 1 N–H and O–H groups in total. The number of hydrogen-bond donors (Lipinski definition) is 1. The summed E-state index contributed by atoms with van der Waals surface area (Å²) in [6, 6.07) is 21.0. The van der Waals surface area contributed by atoms with E-state index in [1.807, 2.05) is 55.5 Å². The van der Waals surface area contributed by atoms with E-state index in [2.05, 4.69) is 5.32 Å². The van der Waals surface area contributed by atoms with Crippen LogP contribution in [0.5, 0.6) is 0 Å². The lowest BCUT2D eigenvalue weighted by molar-refractivity contribution is -0.112. The van der Waals surface area contributed by atoms with Gasteiger partial charge in [0.2, 0.25) is 0 Å². The smallest absolute Gasteiger partial charge is 0.266 e. The molecule has 0 unspecified atom stereocenters. The molecule has 3 nitrogen and oxygen atoms in total. The van der Waals surface area contributed by atoms with Crippen molar-refractivity contribution in [2.45, 2.75) is 6.92 Å². The first-order valence-corrected chi connectivity index (χ1v) is 8.13. The largest absolute Gasteiger partial charge is 0.321 e. The lowest BCUT2D eigenvalue weighted by atomic mass is 10.0. The van der Waals surface area contributed by atoms with E-state index in [4.69, 9.17) is 11.6 Å². The zero-order chi connectivity index (χ0) is 17.8. The Balaban J connectivity index is 1.90. The Morgan fingerprint density at radius 3 is 2.60 bits per heavy atom. The summed E-state index contributed by atoms with van der Waals surface area (Å²) >= 11 is 6.07. The maximum absolute atomic E-state index is 12.4. The van der Waals surface area contributed by atoms with Crippen molar-refractivity contribution in [2.75, 3.05) is 5.32 Å². The van der Waals surface area contributed by atoms with E-state index in [-0.39, 0.29) is 5.57 Å². The van der Waals surface area contributed by atoms with Gasteiger partial charge in [-0.1, -0.05) is 54.1 Å². The fourth-order valence-corrected chi connectivity index (χ4v) is 2.72. The minimum atomic E-state index is -0.457. The van der Waals surface area contributed by atoms with Crippen LogP contribution in [0.15, 0.2) is 66.2 Å². The standard InChI is InChI=1S/C21H15ClN2O/c1-14-19(22)7-4-8-20(14)24-21(25)18(13-23)12-15-9-10-16-5-2-3-6-17(16)11-15/h2-12H,1H3,(H,24,25)/b18-12+. The molecule has 3 rings (SSSR count). The highest BCUT2D eigenvalue weighted by Gasteiger charge is 2.12. The molecule has 0 aliphatic rings. The van der Waals surface area contributed by atoms with Crippen molar-refractivity contribution in [3.63, 3.8) is 0 Å². The minimum absolute atomic E-state index is 0.0367. The highest BCUT2D eigenvalue weighted by atomic mass is 35.5. The third kappa shape index (κ3) is 3.71. The molecule has 0 aliphatic carbocycles. The Morgan fingerprint density at radius 2 is 1.84 bits per heavy atom. The summed E-state index contributed by atoms with van der Waals surface area (Å²) in [6.45, 7) is 1.82. The molecule has 25 heavy (non-hydrogen) atoms. The monoisotopic (exact) mass is 346 g/mol. The van der Waals surface area contributed by atoms with Gasteiger partial charge in [-0.15, -0.1) is 0 Å². The van der Waals surface area contributed by atoms with E-state index in [0.29, 0.717) is 10.7 Å². The van der Waals surface area contributed by atoms with Crippen LogP contribution in [0.2, 0.25) is 5.02 Å². The quantitative estimate of drug-likeness (QED) is 0.513. The van der Waals surface area contributed by atoms with E-state index in [0.717, 1.165) is 21.9 Å². The fraction of sp³-hybridized carbons (Fsp3) is 0.0476. The summed E-state index contributed by atoms with van der Waals surface area (Å²) in [5.74, 6) is -0.457. The SMILES string of the molecule is Cc1c(Cl)cccc1NC(=O)/C(C#N)=C/c1ccc2ccccc2c1. The third-order valence-corrected chi connectivity index (χ3v) is 4.37. The second-order valence-corrected chi connectivity index (χ2v) is 6.05. The van der Waals surface area contributed by atoms with Crippen LogP contribution in [-0.4, -0.2) is 5.91 Å².